The molecule has 0 atom stereocenters. The van der Waals surface area contributed by atoms with Crippen LogP contribution in [0.2, 0.25) is 0 Å². The number of nitrogens with zero attached hydrogens (tertiary/aromatic N) is 1. The van der Waals surface area contributed by atoms with Gasteiger partial charge >= 0.3 is 11.9 Å². The second-order valence-corrected chi connectivity index (χ2v) is 16.4. The summed E-state index contributed by atoms with van der Waals surface area (Å²) in [6.45, 7) is 10.2. The van der Waals surface area contributed by atoms with E-state index < -0.39 is 0 Å². The van der Waals surface area contributed by atoms with Gasteiger partial charge in [-0.25, -0.2) is 0 Å². The van der Waals surface area contributed by atoms with Crippen molar-refractivity contribution in [3.8, 4) is 0 Å². The fourth-order valence-corrected chi connectivity index (χ4v) is 7.69. The van der Waals surface area contributed by atoms with E-state index in [4.69, 9.17) is 9.47 Å². The van der Waals surface area contributed by atoms with Gasteiger partial charge in [-0.3, -0.25) is 9.59 Å². The van der Waals surface area contributed by atoms with Crippen LogP contribution in [-0.2, 0) is 31.9 Å². The predicted octanol–water partition coefficient (Wildman–Crippen LogP) is 13.3. The first-order valence-corrected chi connectivity index (χ1v) is 23.8. The molecule has 0 saturated heterocycles. The number of hydrogen-bond acceptors (Lipinski definition) is 6. The monoisotopic (exact) mass is 772 g/mol. The minimum atomic E-state index is -0.0688. The van der Waals surface area contributed by atoms with Crippen molar-refractivity contribution in [3.05, 3.63) is 35.4 Å². The maximum absolute atomic E-state index is 12.7. The maximum Gasteiger partial charge on any atom is 0.306 e. The normalized spacial score (nSPS) is 11.5. The Bertz CT molecular complexity index is 983. The Balaban J connectivity index is 2.13. The average Bonchev–Trinajstić information content (AvgIpc) is 3.18. The largest absolute Gasteiger partial charge is 0.465 e. The third-order valence-electron chi connectivity index (χ3n) is 11.2. The zero-order valence-electron chi connectivity index (χ0n) is 36.6. The van der Waals surface area contributed by atoms with Crippen LogP contribution in [-0.4, -0.2) is 60.9 Å². The molecule has 0 radical (unpaired) electrons. The number of ether oxygens (including phenoxy) is 2. The number of aliphatic hydroxyl groups is 1. The lowest BCUT2D eigenvalue weighted by atomic mass is 9.99. The van der Waals surface area contributed by atoms with Crippen molar-refractivity contribution in [1.29, 1.82) is 0 Å². The molecule has 0 aliphatic carbocycles. The highest BCUT2D eigenvalue weighted by atomic mass is 16.5. The second kappa shape index (κ2) is 38.9. The van der Waals surface area contributed by atoms with Crippen LogP contribution in [0.25, 0.3) is 0 Å². The average molecular weight is 772 g/mol. The Morgan fingerprint density at radius 1 is 0.527 bits per heavy atom. The fourth-order valence-electron chi connectivity index (χ4n) is 7.69. The van der Waals surface area contributed by atoms with E-state index in [1.54, 1.807) is 0 Å². The lowest BCUT2D eigenvalue weighted by Crippen LogP contribution is -2.29. The second-order valence-electron chi connectivity index (χ2n) is 16.4. The van der Waals surface area contributed by atoms with E-state index in [9.17, 15) is 14.7 Å². The van der Waals surface area contributed by atoms with E-state index in [0.29, 0.717) is 19.4 Å². The van der Waals surface area contributed by atoms with Gasteiger partial charge in [0.25, 0.3) is 0 Å². The number of rotatable bonds is 41. The third kappa shape index (κ3) is 31.8. The smallest absolute Gasteiger partial charge is 0.306 e. The number of aryl methyl sites for hydroxylation is 1. The van der Waals surface area contributed by atoms with Gasteiger partial charge in [-0.05, 0) is 88.4 Å². The minimum absolute atomic E-state index is 0.0107. The summed E-state index contributed by atoms with van der Waals surface area (Å²) in [6.07, 6.45) is 36.4. The summed E-state index contributed by atoms with van der Waals surface area (Å²) >= 11 is 0. The van der Waals surface area contributed by atoms with Crippen LogP contribution >= 0.6 is 0 Å². The first-order chi connectivity index (χ1) is 27.0. The number of aliphatic hydroxyl groups excluding tert-OH is 1. The van der Waals surface area contributed by atoms with Gasteiger partial charge in [0.15, 0.2) is 0 Å². The molecule has 0 saturated carbocycles. The van der Waals surface area contributed by atoms with Crippen molar-refractivity contribution < 1.29 is 24.2 Å². The van der Waals surface area contributed by atoms with Crippen LogP contribution in [0.3, 0.4) is 0 Å². The van der Waals surface area contributed by atoms with Crippen molar-refractivity contribution in [3.63, 3.8) is 0 Å². The Kier molecular flexibility index (Phi) is 36.2. The molecule has 0 aliphatic heterocycles. The Morgan fingerprint density at radius 3 is 1.49 bits per heavy atom. The molecule has 0 spiro atoms. The van der Waals surface area contributed by atoms with Crippen LogP contribution in [0.5, 0.6) is 0 Å². The molecule has 0 fully saturated rings. The Labute approximate surface area is 340 Å². The molecule has 0 aromatic heterocycles. The lowest BCUT2D eigenvalue weighted by Gasteiger charge is -2.21. The molecule has 0 amide bonds. The van der Waals surface area contributed by atoms with Gasteiger partial charge in [0.05, 0.1) is 13.2 Å². The van der Waals surface area contributed by atoms with Gasteiger partial charge < -0.3 is 19.5 Å². The van der Waals surface area contributed by atoms with Gasteiger partial charge in [0.1, 0.15) is 6.10 Å². The highest BCUT2D eigenvalue weighted by molar-refractivity contribution is 5.69. The predicted molar refractivity (Wildman–Crippen MR) is 234 cm³/mol. The number of carbonyl (C=O) groups excluding carboxylic acids is 2. The molecule has 55 heavy (non-hydrogen) atoms. The van der Waals surface area contributed by atoms with Crippen LogP contribution in [0.15, 0.2) is 24.3 Å². The third-order valence-corrected chi connectivity index (χ3v) is 11.2. The molecule has 0 heterocycles. The van der Waals surface area contributed by atoms with E-state index in [1.807, 2.05) is 0 Å². The highest BCUT2D eigenvalue weighted by Crippen LogP contribution is 2.19. The highest BCUT2D eigenvalue weighted by Gasteiger charge is 2.14. The Morgan fingerprint density at radius 2 is 0.964 bits per heavy atom. The van der Waals surface area contributed by atoms with Crippen LogP contribution in [0.1, 0.15) is 225 Å². The number of benzene rings is 1. The molecule has 1 aromatic rings. The maximum atomic E-state index is 12.7. The van der Waals surface area contributed by atoms with Crippen molar-refractivity contribution in [2.45, 2.75) is 232 Å². The minimum Gasteiger partial charge on any atom is -0.465 e. The van der Waals surface area contributed by atoms with Gasteiger partial charge in [0, 0.05) is 25.8 Å². The van der Waals surface area contributed by atoms with Crippen molar-refractivity contribution in [2.75, 3.05) is 32.8 Å². The molecule has 6 heteroatoms. The molecule has 0 bridgehead atoms. The van der Waals surface area contributed by atoms with Gasteiger partial charge in [0.2, 0.25) is 0 Å². The van der Waals surface area contributed by atoms with Crippen LogP contribution in [0, 0.1) is 0 Å². The number of unbranched alkanes of at least 4 members (excludes halogenated alkanes) is 21. The summed E-state index contributed by atoms with van der Waals surface area (Å²) in [5.41, 5.74) is 2.72. The van der Waals surface area contributed by atoms with Crippen molar-refractivity contribution in [1.82, 2.24) is 4.90 Å². The van der Waals surface area contributed by atoms with E-state index in [0.717, 1.165) is 110 Å². The first kappa shape index (κ1) is 51.1. The zero-order chi connectivity index (χ0) is 39.9. The summed E-state index contributed by atoms with van der Waals surface area (Å²) in [7, 11) is 0. The van der Waals surface area contributed by atoms with Gasteiger partial charge in [-0.15, -0.1) is 0 Å². The molecule has 320 valence electrons. The Hall–Kier alpha value is -1.92. The topological polar surface area (TPSA) is 76.1 Å². The summed E-state index contributed by atoms with van der Waals surface area (Å²) < 4.78 is 11.6. The summed E-state index contributed by atoms with van der Waals surface area (Å²) in [5, 5.41) is 9.59. The molecular weight excluding hydrogens is 683 g/mol. The lowest BCUT2D eigenvalue weighted by molar-refractivity contribution is -0.150. The number of esters is 2. The molecule has 1 rings (SSSR count). The van der Waals surface area contributed by atoms with E-state index in [2.05, 4.69) is 49.9 Å². The van der Waals surface area contributed by atoms with Crippen molar-refractivity contribution >= 4 is 11.9 Å². The summed E-state index contributed by atoms with van der Waals surface area (Å²) in [4.78, 5) is 27.4. The van der Waals surface area contributed by atoms with Crippen LogP contribution < -0.4 is 0 Å². The summed E-state index contributed by atoms with van der Waals surface area (Å²) in [5.74, 6) is -0.0580. The van der Waals surface area contributed by atoms with E-state index in [-0.39, 0.29) is 24.6 Å². The molecule has 0 unspecified atom stereocenters. The van der Waals surface area contributed by atoms with Gasteiger partial charge in [-0.1, -0.05) is 167 Å². The molecular formula is C49H89NO5. The molecule has 1 aromatic carbocycles. The molecule has 1 N–H and O–H groups in total. The quantitative estimate of drug-likeness (QED) is 0.0528. The molecule has 6 nitrogen and oxygen atoms in total. The SMILES string of the molecule is CCCCCCCCC(CCCCCCCC)OC(=O)CCCCCCCN(CCO)CCCCCCCC(=O)OCCc1ccccc1CCCCCC. The van der Waals surface area contributed by atoms with Crippen LogP contribution in [0.4, 0.5) is 0 Å². The van der Waals surface area contributed by atoms with Crippen molar-refractivity contribution in [2.24, 2.45) is 0 Å². The number of hydrogen-bond donors (Lipinski definition) is 1. The van der Waals surface area contributed by atoms with E-state index >= 15 is 0 Å². The standard InChI is InChI=1S/C49H89NO5/c1-4-7-10-13-17-24-35-47(36-25-18-14-11-8-5-2)55-49(53)38-27-20-16-22-31-41-50(42-43-51)40-30-21-15-19-26-37-48(52)54-44-39-46-34-29-28-33-45(46)32-23-12-9-6-3/h28-29,33-34,47,51H,4-27,30-32,35-44H2,1-3H3. The zero-order valence-corrected chi connectivity index (χ0v) is 36.6. The van der Waals surface area contributed by atoms with E-state index in [1.165, 1.54) is 114 Å². The first-order valence-electron chi connectivity index (χ1n) is 23.8. The fraction of sp³-hybridized carbons (Fsp3) is 0.837. The summed E-state index contributed by atoms with van der Waals surface area (Å²) in [6, 6.07) is 8.60. The molecule has 0 aliphatic rings. The number of carbonyl (C=O) groups is 2. The van der Waals surface area contributed by atoms with Gasteiger partial charge in [-0.2, -0.15) is 0 Å².